The fourth-order valence-electron chi connectivity index (χ4n) is 3.48. The predicted molar refractivity (Wildman–Crippen MR) is 99.7 cm³/mol. The van der Waals surface area contributed by atoms with E-state index in [1.165, 1.54) is 0 Å². The number of para-hydroxylation sites is 2. The molecule has 2 aromatic rings. The summed E-state index contributed by atoms with van der Waals surface area (Å²) < 4.78 is 22.3. The van der Waals surface area contributed by atoms with Gasteiger partial charge in [-0.25, -0.2) is 0 Å². The van der Waals surface area contributed by atoms with Crippen LogP contribution in [0.2, 0.25) is 0 Å². The van der Waals surface area contributed by atoms with Gasteiger partial charge in [0.2, 0.25) is 5.91 Å². The third-order valence-corrected chi connectivity index (χ3v) is 5.05. The number of methoxy groups -OCH3 is 2. The number of carbonyl (C=O) groups is 1. The van der Waals surface area contributed by atoms with Crippen molar-refractivity contribution in [2.24, 2.45) is 5.92 Å². The average molecular weight is 369 g/mol. The van der Waals surface area contributed by atoms with Crippen LogP contribution in [-0.4, -0.2) is 50.8 Å². The Balaban J connectivity index is 1.33. The number of amides is 1. The van der Waals surface area contributed by atoms with Gasteiger partial charge in [0.15, 0.2) is 11.5 Å². The predicted octanol–water partition coefficient (Wildman–Crippen LogP) is 2.54. The Morgan fingerprint density at radius 1 is 1.07 bits per heavy atom. The van der Waals surface area contributed by atoms with Crippen LogP contribution in [0.1, 0.15) is 5.56 Å². The van der Waals surface area contributed by atoms with E-state index < -0.39 is 0 Å². The van der Waals surface area contributed by atoms with E-state index in [2.05, 4.69) is 0 Å². The summed E-state index contributed by atoms with van der Waals surface area (Å²) in [5, 5.41) is 0. The molecular formula is C21H23NO5. The highest BCUT2D eigenvalue weighted by molar-refractivity contribution is 5.80. The lowest BCUT2D eigenvalue weighted by Crippen LogP contribution is -2.58. The van der Waals surface area contributed by atoms with Gasteiger partial charge < -0.3 is 23.8 Å². The first kappa shape index (κ1) is 17.5. The maximum Gasteiger partial charge on any atom is 0.229 e. The summed E-state index contributed by atoms with van der Waals surface area (Å²) in [4.78, 5) is 14.6. The van der Waals surface area contributed by atoms with E-state index in [4.69, 9.17) is 18.9 Å². The topological polar surface area (TPSA) is 57.2 Å². The SMILES string of the molecule is COc1ccc2c(c1)OC[C@@H](C(=O)N1CC(Oc3ccccc3OC)C1)C2. The molecule has 0 unspecified atom stereocenters. The molecule has 0 saturated carbocycles. The van der Waals surface area contributed by atoms with Crippen LogP contribution in [0.15, 0.2) is 42.5 Å². The van der Waals surface area contributed by atoms with Gasteiger partial charge in [0.1, 0.15) is 24.2 Å². The molecule has 2 aromatic carbocycles. The molecule has 1 saturated heterocycles. The minimum absolute atomic E-state index is 0.00805. The van der Waals surface area contributed by atoms with Crippen molar-refractivity contribution in [2.75, 3.05) is 33.9 Å². The molecule has 4 rings (SSSR count). The van der Waals surface area contributed by atoms with Crippen molar-refractivity contribution in [2.45, 2.75) is 12.5 Å². The van der Waals surface area contributed by atoms with Crippen LogP contribution < -0.4 is 18.9 Å². The molecule has 27 heavy (non-hydrogen) atoms. The molecule has 0 aromatic heterocycles. The fourth-order valence-corrected chi connectivity index (χ4v) is 3.48. The lowest BCUT2D eigenvalue weighted by Gasteiger charge is -2.41. The lowest BCUT2D eigenvalue weighted by atomic mass is 9.94. The largest absolute Gasteiger partial charge is 0.497 e. The van der Waals surface area contributed by atoms with Crippen molar-refractivity contribution in [1.29, 1.82) is 0 Å². The quantitative estimate of drug-likeness (QED) is 0.811. The van der Waals surface area contributed by atoms with E-state index in [0.29, 0.717) is 37.6 Å². The number of hydrogen-bond acceptors (Lipinski definition) is 5. The zero-order valence-corrected chi connectivity index (χ0v) is 15.5. The molecule has 2 aliphatic rings. The van der Waals surface area contributed by atoms with Gasteiger partial charge in [-0.3, -0.25) is 4.79 Å². The number of hydrogen-bond donors (Lipinski definition) is 0. The van der Waals surface area contributed by atoms with Crippen molar-refractivity contribution in [3.05, 3.63) is 48.0 Å². The highest BCUT2D eigenvalue weighted by Crippen LogP contribution is 2.33. The first-order valence-corrected chi connectivity index (χ1v) is 9.06. The Hall–Kier alpha value is -2.89. The van der Waals surface area contributed by atoms with Gasteiger partial charge in [-0.2, -0.15) is 0 Å². The number of nitrogens with zero attached hydrogens (tertiary/aromatic N) is 1. The Bertz CT molecular complexity index is 831. The van der Waals surface area contributed by atoms with Crippen LogP contribution in [0, 0.1) is 5.92 Å². The smallest absolute Gasteiger partial charge is 0.229 e. The second kappa shape index (κ2) is 7.39. The van der Waals surface area contributed by atoms with Gasteiger partial charge in [0.05, 0.1) is 33.2 Å². The van der Waals surface area contributed by atoms with Crippen molar-refractivity contribution in [3.63, 3.8) is 0 Å². The van der Waals surface area contributed by atoms with Crippen molar-refractivity contribution < 1.29 is 23.7 Å². The van der Waals surface area contributed by atoms with Crippen molar-refractivity contribution >= 4 is 5.91 Å². The summed E-state index contributed by atoms with van der Waals surface area (Å²) in [6, 6.07) is 13.3. The second-order valence-corrected chi connectivity index (χ2v) is 6.82. The molecule has 6 nitrogen and oxygen atoms in total. The van der Waals surface area contributed by atoms with Crippen molar-refractivity contribution in [1.82, 2.24) is 4.90 Å². The Morgan fingerprint density at radius 3 is 2.59 bits per heavy atom. The maximum absolute atomic E-state index is 12.8. The molecule has 0 radical (unpaired) electrons. The van der Waals surface area contributed by atoms with Gasteiger partial charge in [0.25, 0.3) is 0 Å². The number of benzene rings is 2. The second-order valence-electron chi connectivity index (χ2n) is 6.82. The summed E-state index contributed by atoms with van der Waals surface area (Å²) in [6.45, 7) is 1.57. The Kier molecular flexibility index (Phi) is 4.79. The lowest BCUT2D eigenvalue weighted by molar-refractivity contribution is -0.145. The molecule has 0 aliphatic carbocycles. The van der Waals surface area contributed by atoms with E-state index >= 15 is 0 Å². The highest BCUT2D eigenvalue weighted by Gasteiger charge is 2.37. The minimum atomic E-state index is -0.155. The molecule has 6 heteroatoms. The summed E-state index contributed by atoms with van der Waals surface area (Å²) in [5.41, 5.74) is 1.04. The van der Waals surface area contributed by atoms with Crippen LogP contribution in [0.25, 0.3) is 0 Å². The minimum Gasteiger partial charge on any atom is -0.497 e. The molecular weight excluding hydrogens is 346 g/mol. The van der Waals surface area contributed by atoms with Crippen molar-refractivity contribution in [3.8, 4) is 23.0 Å². The third kappa shape index (κ3) is 3.52. The monoisotopic (exact) mass is 369 g/mol. The van der Waals surface area contributed by atoms with Crippen LogP contribution in [0.4, 0.5) is 0 Å². The zero-order valence-electron chi connectivity index (χ0n) is 15.5. The van der Waals surface area contributed by atoms with Gasteiger partial charge in [-0.1, -0.05) is 18.2 Å². The van der Waals surface area contributed by atoms with Crippen LogP contribution in [0.5, 0.6) is 23.0 Å². The molecule has 0 spiro atoms. The van der Waals surface area contributed by atoms with Gasteiger partial charge in [-0.15, -0.1) is 0 Å². The molecule has 2 aliphatic heterocycles. The molecule has 2 heterocycles. The van der Waals surface area contributed by atoms with Gasteiger partial charge in [0, 0.05) is 6.07 Å². The number of ether oxygens (including phenoxy) is 4. The van der Waals surface area contributed by atoms with Gasteiger partial charge >= 0.3 is 0 Å². The first-order chi connectivity index (χ1) is 13.2. The third-order valence-electron chi connectivity index (χ3n) is 5.05. The van der Waals surface area contributed by atoms with E-state index in [1.54, 1.807) is 14.2 Å². The molecule has 1 amide bonds. The van der Waals surface area contributed by atoms with Crippen LogP contribution >= 0.6 is 0 Å². The number of carbonyl (C=O) groups excluding carboxylic acids is 1. The number of rotatable bonds is 5. The zero-order chi connectivity index (χ0) is 18.8. The number of likely N-dealkylation sites (tertiary alicyclic amines) is 1. The van der Waals surface area contributed by atoms with E-state index in [0.717, 1.165) is 17.1 Å². The first-order valence-electron chi connectivity index (χ1n) is 9.06. The molecule has 142 valence electrons. The van der Waals surface area contributed by atoms with Crippen LogP contribution in [-0.2, 0) is 11.2 Å². The standard InChI is InChI=1S/C21H23NO5/c1-24-16-8-7-14-9-15(13-26-20(14)10-16)21(23)22-11-17(12-22)27-19-6-4-3-5-18(19)25-2/h3-8,10,15,17H,9,11-13H2,1-2H3/t15-/m0/s1. The normalized spacial score (nSPS) is 18.7. The Morgan fingerprint density at radius 2 is 1.85 bits per heavy atom. The van der Waals surface area contributed by atoms with E-state index in [1.807, 2.05) is 47.4 Å². The van der Waals surface area contributed by atoms with Crippen LogP contribution in [0.3, 0.4) is 0 Å². The summed E-state index contributed by atoms with van der Waals surface area (Å²) >= 11 is 0. The highest BCUT2D eigenvalue weighted by atomic mass is 16.5. The summed E-state index contributed by atoms with van der Waals surface area (Å²) in [5.74, 6) is 2.95. The molecule has 0 bridgehead atoms. The van der Waals surface area contributed by atoms with E-state index in [-0.39, 0.29) is 17.9 Å². The molecule has 1 fully saturated rings. The molecule has 0 N–H and O–H groups in total. The maximum atomic E-state index is 12.8. The Labute approximate surface area is 158 Å². The average Bonchev–Trinajstić information content (AvgIpc) is 2.69. The summed E-state index contributed by atoms with van der Waals surface area (Å²) in [7, 11) is 3.25. The van der Waals surface area contributed by atoms with E-state index in [9.17, 15) is 4.79 Å². The molecule has 1 atom stereocenters. The van der Waals surface area contributed by atoms with Gasteiger partial charge in [-0.05, 0) is 30.2 Å². The number of fused-ring (bicyclic) bond motifs is 1. The fraction of sp³-hybridized carbons (Fsp3) is 0.381. The summed E-state index contributed by atoms with van der Waals surface area (Å²) in [6.07, 6.45) is 0.679.